The fourth-order valence-electron chi connectivity index (χ4n) is 1.33. The lowest BCUT2D eigenvalue weighted by molar-refractivity contribution is 0.476. The maximum atomic E-state index is 12.7. The summed E-state index contributed by atoms with van der Waals surface area (Å²) in [6.45, 7) is 0. The lowest BCUT2D eigenvalue weighted by Gasteiger charge is -2.03. The van der Waals surface area contributed by atoms with Crippen molar-refractivity contribution >= 4 is 11.6 Å². The molecule has 0 aromatic heterocycles. The second-order valence-electron chi connectivity index (χ2n) is 3.17. The Morgan fingerprint density at radius 1 is 0.933 bits per heavy atom. The minimum atomic E-state index is -0.281. The van der Waals surface area contributed by atoms with Crippen LogP contribution in [0.2, 0.25) is 5.02 Å². The minimum absolute atomic E-state index is 0.0264. The predicted octanol–water partition coefficient (Wildman–Crippen LogP) is 3.85. The van der Waals surface area contributed by atoms with Gasteiger partial charge in [-0.15, -0.1) is 0 Å². The van der Waals surface area contributed by atoms with Gasteiger partial charge in [-0.3, -0.25) is 0 Å². The Hall–Kier alpha value is -1.54. The molecule has 0 heterocycles. The Morgan fingerprint density at radius 3 is 2.13 bits per heavy atom. The lowest BCUT2D eigenvalue weighted by Crippen LogP contribution is -1.79. The molecule has 0 saturated heterocycles. The molecule has 0 atom stereocenters. The van der Waals surface area contributed by atoms with Crippen molar-refractivity contribution in [2.75, 3.05) is 0 Å². The van der Waals surface area contributed by atoms with E-state index in [1.165, 1.54) is 12.1 Å². The molecule has 3 heteroatoms. The van der Waals surface area contributed by atoms with Crippen LogP contribution < -0.4 is 0 Å². The molecule has 2 aromatic carbocycles. The summed E-state index contributed by atoms with van der Waals surface area (Å²) in [6.07, 6.45) is 0. The van der Waals surface area contributed by atoms with Crippen molar-refractivity contribution in [3.05, 3.63) is 53.3 Å². The molecule has 1 nitrogen and oxygen atoms in total. The molecule has 0 radical (unpaired) electrons. The molecule has 0 fully saturated rings. The van der Waals surface area contributed by atoms with E-state index in [4.69, 9.17) is 11.6 Å². The van der Waals surface area contributed by atoms with Gasteiger partial charge in [-0.05, 0) is 35.4 Å². The summed E-state index contributed by atoms with van der Waals surface area (Å²) < 4.78 is 12.7. The lowest BCUT2D eigenvalue weighted by atomic mass is 10.1. The third-order valence-electron chi connectivity index (χ3n) is 2.12. The molecule has 0 saturated carbocycles. The summed E-state index contributed by atoms with van der Waals surface area (Å²) in [5.41, 5.74) is 1.64. The molecule has 0 spiro atoms. The molecule has 0 aliphatic carbocycles. The molecule has 76 valence electrons. The van der Waals surface area contributed by atoms with Gasteiger partial charge in [0.15, 0.2) is 0 Å². The molecule has 0 aliphatic rings. The van der Waals surface area contributed by atoms with E-state index in [0.29, 0.717) is 5.02 Å². The van der Waals surface area contributed by atoms with Crippen molar-refractivity contribution in [1.29, 1.82) is 0 Å². The first-order valence-corrected chi connectivity index (χ1v) is 4.79. The quantitative estimate of drug-likeness (QED) is 0.777. The van der Waals surface area contributed by atoms with E-state index in [2.05, 4.69) is 0 Å². The highest BCUT2D eigenvalue weighted by Gasteiger charge is 2.02. The van der Waals surface area contributed by atoms with Crippen LogP contribution in [0.1, 0.15) is 0 Å². The molecule has 15 heavy (non-hydrogen) atoms. The molecule has 0 aliphatic heterocycles. The summed E-state index contributed by atoms with van der Waals surface area (Å²) in [6, 6.07) is 11.0. The average Bonchev–Trinajstić information content (AvgIpc) is 2.23. The summed E-state index contributed by atoms with van der Waals surface area (Å²) in [4.78, 5) is 0. The second-order valence-corrected chi connectivity index (χ2v) is 3.58. The van der Waals surface area contributed by atoms with Crippen LogP contribution in [0.15, 0.2) is 42.5 Å². The van der Waals surface area contributed by atoms with Crippen molar-refractivity contribution in [1.82, 2.24) is 0 Å². The highest BCUT2D eigenvalue weighted by Crippen LogP contribution is 2.29. The number of hydrogen-bond acceptors (Lipinski definition) is 1. The highest BCUT2D eigenvalue weighted by molar-refractivity contribution is 6.32. The SMILES string of the molecule is Oc1cc(-c2ccc(F)cc2)ccc1Cl. The number of halogens is 2. The second kappa shape index (κ2) is 3.91. The van der Waals surface area contributed by atoms with Crippen LogP contribution in [0, 0.1) is 5.82 Å². The number of phenolic OH excluding ortho intramolecular Hbond substituents is 1. The summed E-state index contributed by atoms with van der Waals surface area (Å²) in [5.74, 6) is -0.254. The van der Waals surface area contributed by atoms with E-state index in [1.54, 1.807) is 30.3 Å². The normalized spacial score (nSPS) is 10.3. The Morgan fingerprint density at radius 2 is 1.53 bits per heavy atom. The number of hydrogen-bond donors (Lipinski definition) is 1. The van der Waals surface area contributed by atoms with E-state index in [0.717, 1.165) is 11.1 Å². The van der Waals surface area contributed by atoms with Crippen molar-refractivity contribution in [2.24, 2.45) is 0 Å². The van der Waals surface area contributed by atoms with E-state index < -0.39 is 0 Å². The Kier molecular flexibility index (Phi) is 2.60. The number of aromatic hydroxyl groups is 1. The van der Waals surface area contributed by atoms with Crippen molar-refractivity contribution < 1.29 is 9.50 Å². The van der Waals surface area contributed by atoms with Gasteiger partial charge in [0, 0.05) is 0 Å². The predicted molar refractivity (Wildman–Crippen MR) is 58.5 cm³/mol. The molecule has 0 unspecified atom stereocenters. The van der Waals surface area contributed by atoms with Crippen LogP contribution in [-0.2, 0) is 0 Å². The fraction of sp³-hybridized carbons (Fsp3) is 0. The maximum Gasteiger partial charge on any atom is 0.134 e. The first-order chi connectivity index (χ1) is 7.16. The van der Waals surface area contributed by atoms with E-state index in [-0.39, 0.29) is 11.6 Å². The molecule has 0 bridgehead atoms. The van der Waals surface area contributed by atoms with Crippen LogP contribution in [-0.4, -0.2) is 5.11 Å². The molecule has 2 rings (SSSR count). The molecule has 1 N–H and O–H groups in total. The van der Waals surface area contributed by atoms with Crippen LogP contribution in [0.5, 0.6) is 5.75 Å². The Labute approximate surface area is 91.8 Å². The maximum absolute atomic E-state index is 12.7. The number of benzene rings is 2. The van der Waals surface area contributed by atoms with Crippen molar-refractivity contribution in [2.45, 2.75) is 0 Å². The van der Waals surface area contributed by atoms with Gasteiger partial charge in [0.1, 0.15) is 11.6 Å². The highest BCUT2D eigenvalue weighted by atomic mass is 35.5. The van der Waals surface area contributed by atoms with Gasteiger partial charge in [0.25, 0.3) is 0 Å². The van der Waals surface area contributed by atoms with Crippen LogP contribution in [0.3, 0.4) is 0 Å². The van der Waals surface area contributed by atoms with Gasteiger partial charge in [-0.25, -0.2) is 4.39 Å². The van der Waals surface area contributed by atoms with Gasteiger partial charge >= 0.3 is 0 Å². The van der Waals surface area contributed by atoms with Gasteiger partial charge in [-0.1, -0.05) is 29.8 Å². The molecule has 2 aromatic rings. The van der Waals surface area contributed by atoms with Gasteiger partial charge < -0.3 is 5.11 Å². The van der Waals surface area contributed by atoms with Gasteiger partial charge in [-0.2, -0.15) is 0 Å². The zero-order chi connectivity index (χ0) is 10.8. The standard InChI is InChI=1S/C12H8ClFO/c13-11-6-3-9(7-12(11)15)8-1-4-10(14)5-2-8/h1-7,15H. The van der Waals surface area contributed by atoms with E-state index in [9.17, 15) is 9.50 Å². The molecule has 0 amide bonds. The first kappa shape index (κ1) is 9.99. The smallest absolute Gasteiger partial charge is 0.134 e. The topological polar surface area (TPSA) is 20.2 Å². The van der Waals surface area contributed by atoms with Crippen LogP contribution in [0.4, 0.5) is 4.39 Å². The van der Waals surface area contributed by atoms with Gasteiger partial charge in [0.2, 0.25) is 0 Å². The first-order valence-electron chi connectivity index (χ1n) is 4.41. The minimum Gasteiger partial charge on any atom is -0.506 e. The zero-order valence-electron chi connectivity index (χ0n) is 7.74. The monoisotopic (exact) mass is 222 g/mol. The zero-order valence-corrected chi connectivity index (χ0v) is 8.50. The third kappa shape index (κ3) is 2.10. The largest absolute Gasteiger partial charge is 0.506 e. The van der Waals surface area contributed by atoms with Crippen LogP contribution >= 0.6 is 11.6 Å². The van der Waals surface area contributed by atoms with Gasteiger partial charge in [0.05, 0.1) is 5.02 Å². The van der Waals surface area contributed by atoms with Crippen molar-refractivity contribution in [3.8, 4) is 16.9 Å². The molecular formula is C12H8ClFO. The molecular weight excluding hydrogens is 215 g/mol. The summed E-state index contributed by atoms with van der Waals surface area (Å²) in [5, 5.41) is 9.72. The Bertz CT molecular complexity index is 479. The third-order valence-corrected chi connectivity index (χ3v) is 2.44. The van der Waals surface area contributed by atoms with Crippen molar-refractivity contribution in [3.63, 3.8) is 0 Å². The fourth-order valence-corrected chi connectivity index (χ4v) is 1.45. The van der Waals surface area contributed by atoms with Crippen LogP contribution in [0.25, 0.3) is 11.1 Å². The Balaban J connectivity index is 2.45. The van der Waals surface area contributed by atoms with E-state index in [1.807, 2.05) is 0 Å². The summed E-state index contributed by atoms with van der Waals surface area (Å²) in [7, 11) is 0. The number of phenols is 1. The summed E-state index contributed by atoms with van der Waals surface area (Å²) >= 11 is 5.68. The average molecular weight is 223 g/mol. The number of rotatable bonds is 1. The van der Waals surface area contributed by atoms with E-state index >= 15 is 0 Å².